The molecule has 0 bridgehead atoms. The fourth-order valence-corrected chi connectivity index (χ4v) is 6.47. The number of halogens is 1. The lowest BCUT2D eigenvalue weighted by atomic mass is 9.70. The third-order valence-corrected chi connectivity index (χ3v) is 9.39. The van der Waals surface area contributed by atoms with Crippen molar-refractivity contribution in [2.75, 3.05) is 45.3 Å². The van der Waals surface area contributed by atoms with Crippen molar-refractivity contribution >= 4 is 23.2 Å². The zero-order valence-corrected chi connectivity index (χ0v) is 26.8. The molecule has 1 fully saturated rings. The molecule has 4 rings (SSSR count). The number of fused-ring (bicyclic) bond motifs is 1. The van der Waals surface area contributed by atoms with Gasteiger partial charge in [-0.2, -0.15) is 0 Å². The van der Waals surface area contributed by atoms with Crippen LogP contribution >= 0.6 is 11.6 Å². The quantitative estimate of drug-likeness (QED) is 0.248. The smallest absolute Gasteiger partial charge is 0.219 e. The number of methoxy groups -OCH3 is 1. The Hall–Kier alpha value is -2.54. The van der Waals surface area contributed by atoms with E-state index in [2.05, 4.69) is 42.2 Å². The Morgan fingerprint density at radius 1 is 1.26 bits per heavy atom. The van der Waals surface area contributed by atoms with Crippen LogP contribution in [0.15, 0.2) is 48.6 Å². The van der Waals surface area contributed by atoms with Crippen molar-refractivity contribution in [2.45, 2.75) is 77.4 Å². The van der Waals surface area contributed by atoms with Crippen molar-refractivity contribution in [1.29, 1.82) is 0 Å². The van der Waals surface area contributed by atoms with Gasteiger partial charge in [-0.05, 0) is 91.8 Å². The van der Waals surface area contributed by atoms with Gasteiger partial charge in [0.15, 0.2) is 0 Å². The summed E-state index contributed by atoms with van der Waals surface area (Å²) >= 11 is 6.44. The zero-order valence-electron chi connectivity index (χ0n) is 26.0. The largest absolute Gasteiger partial charge is 0.491 e. The molecular weight excluding hydrogens is 548 g/mol. The molecule has 0 radical (unpaired) electrons. The van der Waals surface area contributed by atoms with Crippen molar-refractivity contribution in [3.8, 4) is 5.75 Å². The molecule has 1 heterocycles. The maximum Gasteiger partial charge on any atom is 0.219 e. The molecule has 0 spiro atoms. The number of hydrogen-bond donors (Lipinski definition) is 1. The fourth-order valence-electron chi connectivity index (χ4n) is 6.28. The van der Waals surface area contributed by atoms with E-state index in [1.54, 1.807) is 18.9 Å². The molecule has 0 aromatic heterocycles. The predicted octanol–water partition coefficient (Wildman–Crippen LogP) is 7.18. The van der Waals surface area contributed by atoms with Gasteiger partial charge in [-0.25, -0.2) is 0 Å². The van der Waals surface area contributed by atoms with Gasteiger partial charge in [0, 0.05) is 51.7 Å². The van der Waals surface area contributed by atoms with Crippen molar-refractivity contribution < 1.29 is 19.4 Å². The number of carbonyl (C=O) groups excluding carboxylic acids is 1. The van der Waals surface area contributed by atoms with E-state index < -0.39 is 6.10 Å². The number of ether oxygens (including phenoxy) is 2. The van der Waals surface area contributed by atoms with E-state index in [4.69, 9.17) is 21.1 Å². The van der Waals surface area contributed by atoms with Gasteiger partial charge in [0.2, 0.25) is 5.91 Å². The third kappa shape index (κ3) is 8.09. The second-order valence-electron chi connectivity index (χ2n) is 12.1. The number of aliphatic hydroxyl groups is 1. The van der Waals surface area contributed by atoms with E-state index in [9.17, 15) is 9.90 Å². The van der Waals surface area contributed by atoms with E-state index >= 15 is 0 Å². The van der Waals surface area contributed by atoms with Gasteiger partial charge in [0.1, 0.15) is 5.75 Å². The summed E-state index contributed by atoms with van der Waals surface area (Å²) < 4.78 is 12.5. The van der Waals surface area contributed by atoms with Crippen LogP contribution < -0.4 is 9.64 Å². The molecular formula is C35H49ClN2O4. The summed E-state index contributed by atoms with van der Waals surface area (Å²) in [6.45, 7) is 8.68. The third-order valence-electron chi connectivity index (χ3n) is 9.15. The highest BCUT2D eigenvalue weighted by Crippen LogP contribution is 2.43. The van der Waals surface area contributed by atoms with Crippen LogP contribution in [0.4, 0.5) is 5.69 Å². The first-order chi connectivity index (χ1) is 20.2. The van der Waals surface area contributed by atoms with E-state index in [0.717, 1.165) is 73.6 Å². The van der Waals surface area contributed by atoms with Gasteiger partial charge >= 0.3 is 0 Å². The van der Waals surface area contributed by atoms with Crippen LogP contribution in [0.3, 0.4) is 0 Å². The molecule has 5 atom stereocenters. The van der Waals surface area contributed by atoms with Crippen LogP contribution in [0, 0.1) is 11.8 Å². The average molecular weight is 597 g/mol. The van der Waals surface area contributed by atoms with E-state index in [1.807, 2.05) is 32.2 Å². The Morgan fingerprint density at radius 3 is 2.74 bits per heavy atom. The minimum absolute atomic E-state index is 0.0468. The monoisotopic (exact) mass is 596 g/mol. The minimum atomic E-state index is -0.547. The van der Waals surface area contributed by atoms with Crippen molar-refractivity contribution in [3.05, 3.63) is 70.3 Å². The molecule has 1 amide bonds. The van der Waals surface area contributed by atoms with Crippen LogP contribution in [0.25, 0.3) is 0 Å². The van der Waals surface area contributed by atoms with Gasteiger partial charge in [-0.1, -0.05) is 49.2 Å². The SMILES string of the molecule is CCCCc1cc(Cl)ccc1C1COc2ccc(C(C)O)cc2N(CC2CCC2C(/C=C/CCN(C)C(C)=O)OC)C1. The number of aliphatic hydroxyl groups excluding tert-OH is 1. The van der Waals surface area contributed by atoms with Gasteiger partial charge in [0.25, 0.3) is 0 Å². The lowest BCUT2D eigenvalue weighted by molar-refractivity contribution is -0.127. The molecule has 0 saturated heterocycles. The zero-order chi connectivity index (χ0) is 30.2. The van der Waals surface area contributed by atoms with E-state index in [0.29, 0.717) is 25.0 Å². The maximum atomic E-state index is 11.5. The Morgan fingerprint density at radius 2 is 2.07 bits per heavy atom. The van der Waals surface area contributed by atoms with Crippen molar-refractivity contribution in [1.82, 2.24) is 4.90 Å². The van der Waals surface area contributed by atoms with Crippen molar-refractivity contribution in [3.63, 3.8) is 0 Å². The highest BCUT2D eigenvalue weighted by molar-refractivity contribution is 6.30. The topological polar surface area (TPSA) is 62.2 Å². The summed E-state index contributed by atoms with van der Waals surface area (Å²) in [7, 11) is 3.63. The van der Waals surface area contributed by atoms with E-state index in [-0.39, 0.29) is 17.9 Å². The Balaban J connectivity index is 1.56. The average Bonchev–Trinajstić information content (AvgIpc) is 3.14. The van der Waals surface area contributed by atoms with Gasteiger partial charge in [0.05, 0.1) is 24.5 Å². The van der Waals surface area contributed by atoms with Crippen LogP contribution in [0.1, 0.15) is 81.6 Å². The molecule has 1 aliphatic carbocycles. The molecule has 1 N–H and O–H groups in total. The molecule has 42 heavy (non-hydrogen) atoms. The highest BCUT2D eigenvalue weighted by Gasteiger charge is 2.38. The predicted molar refractivity (Wildman–Crippen MR) is 172 cm³/mol. The molecule has 1 saturated carbocycles. The van der Waals surface area contributed by atoms with Gasteiger partial charge < -0.3 is 24.4 Å². The number of amides is 1. The molecule has 2 aromatic rings. The Bertz CT molecular complexity index is 1220. The lowest BCUT2D eigenvalue weighted by Crippen LogP contribution is -2.44. The number of carbonyl (C=O) groups is 1. The molecule has 6 nitrogen and oxygen atoms in total. The number of nitrogens with zero attached hydrogens (tertiary/aromatic N) is 2. The number of anilines is 1. The molecule has 5 unspecified atom stereocenters. The normalized spacial score (nSPS) is 21.7. The first-order valence-corrected chi connectivity index (χ1v) is 16.0. The molecule has 1 aliphatic heterocycles. The summed E-state index contributed by atoms with van der Waals surface area (Å²) in [6, 6.07) is 12.4. The molecule has 230 valence electrons. The maximum absolute atomic E-state index is 11.5. The van der Waals surface area contributed by atoms with Gasteiger partial charge in [-0.3, -0.25) is 4.79 Å². The fraction of sp³-hybridized carbons (Fsp3) is 0.571. The summed E-state index contributed by atoms with van der Waals surface area (Å²) in [6.07, 6.45) is 10.2. The first-order valence-electron chi connectivity index (χ1n) is 15.6. The second kappa shape index (κ2) is 15.3. The van der Waals surface area contributed by atoms with Crippen molar-refractivity contribution in [2.24, 2.45) is 11.8 Å². The number of benzene rings is 2. The van der Waals surface area contributed by atoms with E-state index in [1.165, 1.54) is 11.1 Å². The number of unbranched alkanes of at least 4 members (excludes halogenated alkanes) is 1. The molecule has 7 heteroatoms. The van der Waals surface area contributed by atoms with Crippen LogP contribution in [-0.4, -0.2) is 62.4 Å². The summed E-state index contributed by atoms with van der Waals surface area (Å²) in [5, 5.41) is 11.2. The standard InChI is InChI=1S/C35H49ClN2O4/c1-6-7-10-27-19-30(36)14-16-31(27)29-22-38(33-20-26(24(2)39)13-17-35(33)42-23-29)21-28-12-15-32(28)34(41-5)11-8-9-18-37(4)25(3)40/h8,11,13-14,16-17,19-20,24,28-29,32,34,39H,6-7,9-10,12,15,18,21-23H2,1-5H3/b11-8+. The number of hydrogen-bond acceptors (Lipinski definition) is 5. The summed E-state index contributed by atoms with van der Waals surface area (Å²) in [4.78, 5) is 15.8. The molecule has 2 aromatic carbocycles. The molecule has 2 aliphatic rings. The summed E-state index contributed by atoms with van der Waals surface area (Å²) in [5.41, 5.74) is 4.59. The van der Waals surface area contributed by atoms with Crippen LogP contribution in [0.5, 0.6) is 5.75 Å². The highest BCUT2D eigenvalue weighted by atomic mass is 35.5. The summed E-state index contributed by atoms with van der Waals surface area (Å²) in [5.74, 6) is 2.07. The van der Waals surface area contributed by atoms with Crippen LogP contribution in [-0.2, 0) is 16.0 Å². The number of aryl methyl sites for hydroxylation is 1. The lowest BCUT2D eigenvalue weighted by Gasteiger charge is -2.43. The number of rotatable bonds is 13. The van der Waals surface area contributed by atoms with Gasteiger partial charge in [-0.15, -0.1) is 0 Å². The first kappa shape index (κ1) is 32.4. The van der Waals surface area contributed by atoms with Crippen LogP contribution in [0.2, 0.25) is 5.02 Å². The second-order valence-corrected chi connectivity index (χ2v) is 12.6. The Labute approximate surface area is 257 Å². The minimum Gasteiger partial charge on any atom is -0.491 e. The Kier molecular flexibility index (Phi) is 11.8.